The van der Waals surface area contributed by atoms with E-state index in [0.717, 1.165) is 23.3 Å². The molecule has 0 fully saturated rings. The van der Waals surface area contributed by atoms with Crippen molar-refractivity contribution in [3.63, 3.8) is 0 Å². The first kappa shape index (κ1) is 14.1. The van der Waals surface area contributed by atoms with Crippen molar-refractivity contribution >= 4 is 17.4 Å². The predicted octanol–water partition coefficient (Wildman–Crippen LogP) is 4.15. The molecule has 1 heterocycles. The molecule has 2 aromatic carbocycles. The molecule has 1 aliphatic rings. The van der Waals surface area contributed by atoms with Crippen molar-refractivity contribution in [2.24, 2.45) is 0 Å². The Bertz CT molecular complexity index is 725. The summed E-state index contributed by atoms with van der Waals surface area (Å²) >= 11 is 6.09. The van der Waals surface area contributed by atoms with Crippen LogP contribution in [0.3, 0.4) is 0 Å². The minimum Gasteiger partial charge on any atom is -0.493 e. The number of rotatable bonds is 3. The third kappa shape index (κ3) is 2.79. The maximum atomic E-state index is 13.3. The number of Topliss-reactive ketones (excluding diaryl/α,β-unsaturated/α-hetero) is 1. The molecule has 0 saturated carbocycles. The molecule has 0 unspecified atom stereocenters. The molecule has 0 N–H and O–H groups in total. The highest BCUT2D eigenvalue weighted by Gasteiger charge is 2.20. The average Bonchev–Trinajstić information content (AvgIpc) is 2.90. The molecule has 0 saturated heterocycles. The zero-order valence-corrected chi connectivity index (χ0v) is 12.3. The predicted molar refractivity (Wildman–Crippen MR) is 79.8 cm³/mol. The number of hydrogen-bond acceptors (Lipinski definition) is 2. The fourth-order valence-electron chi connectivity index (χ4n) is 2.57. The number of carbonyl (C=O) groups excluding carboxylic acids is 1. The first-order chi connectivity index (χ1) is 10.0. The summed E-state index contributed by atoms with van der Waals surface area (Å²) in [6.07, 6.45) is 1.01. The number of halogens is 2. The topological polar surface area (TPSA) is 26.3 Å². The lowest BCUT2D eigenvalue weighted by molar-refractivity contribution is 0.0992. The molecule has 2 nitrogen and oxygen atoms in total. The van der Waals surface area contributed by atoms with E-state index in [9.17, 15) is 9.18 Å². The van der Waals surface area contributed by atoms with Gasteiger partial charge in [0.25, 0.3) is 0 Å². The summed E-state index contributed by atoms with van der Waals surface area (Å²) in [7, 11) is 0. The smallest absolute Gasteiger partial charge is 0.167 e. The van der Waals surface area contributed by atoms with Crippen LogP contribution in [0.2, 0.25) is 5.02 Å². The number of hydrogen-bond donors (Lipinski definition) is 0. The van der Waals surface area contributed by atoms with Gasteiger partial charge < -0.3 is 4.74 Å². The van der Waals surface area contributed by atoms with Gasteiger partial charge in [-0.05, 0) is 48.4 Å². The Morgan fingerprint density at radius 2 is 2.14 bits per heavy atom. The van der Waals surface area contributed by atoms with Crippen molar-refractivity contribution in [2.75, 3.05) is 6.61 Å². The van der Waals surface area contributed by atoms with Crippen LogP contribution in [-0.2, 0) is 12.8 Å². The number of aryl methyl sites for hydroxylation is 1. The second kappa shape index (κ2) is 5.49. The van der Waals surface area contributed by atoms with Crippen LogP contribution in [0.4, 0.5) is 4.39 Å². The molecule has 0 amide bonds. The summed E-state index contributed by atoms with van der Waals surface area (Å²) in [5, 5.41) is 0.609. The SMILES string of the molecule is Cc1cc(C(=O)Cc2cc(Cl)cc3c2OCC3)ccc1F. The maximum absolute atomic E-state index is 13.3. The van der Waals surface area contributed by atoms with Crippen LogP contribution in [0.1, 0.15) is 27.0 Å². The molecule has 3 rings (SSSR count). The fraction of sp³-hybridized carbons (Fsp3) is 0.235. The first-order valence-corrected chi connectivity index (χ1v) is 7.16. The molecule has 1 aliphatic heterocycles. The molecular formula is C17H14ClFO2. The van der Waals surface area contributed by atoms with Gasteiger partial charge in [0.1, 0.15) is 11.6 Å². The molecule has 4 heteroatoms. The van der Waals surface area contributed by atoms with E-state index in [0.29, 0.717) is 22.8 Å². The van der Waals surface area contributed by atoms with E-state index in [1.807, 2.05) is 6.07 Å². The standard InChI is InChI=1S/C17H14ClFO2/c1-10-6-11(2-3-15(10)19)16(20)9-13-8-14(18)7-12-4-5-21-17(12)13/h2-3,6-8H,4-5,9H2,1H3. The molecule has 0 aromatic heterocycles. The third-order valence-corrected chi connectivity index (χ3v) is 3.87. The van der Waals surface area contributed by atoms with Crippen LogP contribution in [-0.4, -0.2) is 12.4 Å². The van der Waals surface area contributed by atoms with Crippen molar-refractivity contribution in [2.45, 2.75) is 19.8 Å². The first-order valence-electron chi connectivity index (χ1n) is 6.78. The van der Waals surface area contributed by atoms with Crippen molar-refractivity contribution in [3.05, 3.63) is 63.4 Å². The van der Waals surface area contributed by atoms with Gasteiger partial charge in [0.15, 0.2) is 5.78 Å². The summed E-state index contributed by atoms with van der Waals surface area (Å²) in [6.45, 7) is 2.26. The number of benzene rings is 2. The lowest BCUT2D eigenvalue weighted by Crippen LogP contribution is -2.06. The minimum absolute atomic E-state index is 0.0712. The van der Waals surface area contributed by atoms with E-state index in [2.05, 4.69) is 0 Å². The van der Waals surface area contributed by atoms with Crippen molar-refractivity contribution in [1.29, 1.82) is 0 Å². The van der Waals surface area contributed by atoms with Gasteiger partial charge in [-0.15, -0.1) is 0 Å². The van der Waals surface area contributed by atoms with E-state index < -0.39 is 0 Å². The Labute approximate surface area is 127 Å². The third-order valence-electron chi connectivity index (χ3n) is 3.66. The van der Waals surface area contributed by atoms with E-state index in [1.165, 1.54) is 12.1 Å². The monoisotopic (exact) mass is 304 g/mol. The lowest BCUT2D eigenvalue weighted by atomic mass is 9.99. The Kier molecular flexibility index (Phi) is 3.68. The van der Waals surface area contributed by atoms with Crippen molar-refractivity contribution in [1.82, 2.24) is 0 Å². The Balaban J connectivity index is 1.90. The van der Waals surface area contributed by atoms with Gasteiger partial charge in [0.2, 0.25) is 0 Å². The van der Waals surface area contributed by atoms with Gasteiger partial charge >= 0.3 is 0 Å². The number of ether oxygens (including phenoxy) is 1. The lowest BCUT2D eigenvalue weighted by Gasteiger charge is -2.09. The zero-order chi connectivity index (χ0) is 15.0. The van der Waals surface area contributed by atoms with Crippen LogP contribution < -0.4 is 4.74 Å². The average molecular weight is 305 g/mol. The van der Waals surface area contributed by atoms with Gasteiger partial charge in [-0.3, -0.25) is 4.79 Å². The molecule has 108 valence electrons. The van der Waals surface area contributed by atoms with Gasteiger partial charge in [0.05, 0.1) is 6.61 Å². The highest BCUT2D eigenvalue weighted by atomic mass is 35.5. The van der Waals surface area contributed by atoms with E-state index in [4.69, 9.17) is 16.3 Å². The van der Waals surface area contributed by atoms with Crippen LogP contribution in [0, 0.1) is 12.7 Å². The second-order valence-electron chi connectivity index (χ2n) is 5.22. The zero-order valence-electron chi connectivity index (χ0n) is 11.6. The normalized spacial score (nSPS) is 12.9. The summed E-state index contributed by atoms with van der Waals surface area (Å²) < 4.78 is 18.9. The second-order valence-corrected chi connectivity index (χ2v) is 5.65. The number of fused-ring (bicyclic) bond motifs is 1. The van der Waals surface area contributed by atoms with Crippen LogP contribution in [0.15, 0.2) is 30.3 Å². The van der Waals surface area contributed by atoms with Crippen molar-refractivity contribution < 1.29 is 13.9 Å². The highest BCUT2D eigenvalue weighted by molar-refractivity contribution is 6.30. The van der Waals surface area contributed by atoms with Gasteiger partial charge in [-0.1, -0.05) is 11.6 Å². The van der Waals surface area contributed by atoms with E-state index >= 15 is 0 Å². The fourth-order valence-corrected chi connectivity index (χ4v) is 2.83. The largest absolute Gasteiger partial charge is 0.493 e. The molecule has 0 atom stereocenters. The van der Waals surface area contributed by atoms with Gasteiger partial charge in [0, 0.05) is 29.0 Å². The van der Waals surface area contributed by atoms with Crippen LogP contribution >= 0.6 is 11.6 Å². The van der Waals surface area contributed by atoms with Crippen LogP contribution in [0.5, 0.6) is 5.75 Å². The number of ketones is 1. The van der Waals surface area contributed by atoms with Crippen LogP contribution in [0.25, 0.3) is 0 Å². The number of carbonyl (C=O) groups is 1. The Morgan fingerprint density at radius 1 is 1.33 bits per heavy atom. The Hall–Kier alpha value is -1.87. The Morgan fingerprint density at radius 3 is 2.90 bits per heavy atom. The molecule has 0 bridgehead atoms. The molecular weight excluding hydrogens is 291 g/mol. The van der Waals surface area contributed by atoms with E-state index in [-0.39, 0.29) is 18.0 Å². The molecule has 0 spiro atoms. The summed E-state index contributed by atoms with van der Waals surface area (Å²) in [5.41, 5.74) is 2.80. The molecule has 0 radical (unpaired) electrons. The molecule has 21 heavy (non-hydrogen) atoms. The van der Waals surface area contributed by atoms with Crippen molar-refractivity contribution in [3.8, 4) is 5.75 Å². The maximum Gasteiger partial charge on any atom is 0.167 e. The van der Waals surface area contributed by atoms with Gasteiger partial charge in [-0.2, -0.15) is 0 Å². The molecule has 0 aliphatic carbocycles. The summed E-state index contributed by atoms with van der Waals surface area (Å²) in [5.74, 6) is 0.392. The summed E-state index contributed by atoms with van der Waals surface area (Å²) in [4.78, 5) is 12.4. The minimum atomic E-state index is -0.307. The summed E-state index contributed by atoms with van der Waals surface area (Å²) in [6, 6.07) is 8.04. The quantitative estimate of drug-likeness (QED) is 0.796. The molecule has 2 aromatic rings. The van der Waals surface area contributed by atoms with Gasteiger partial charge in [-0.25, -0.2) is 4.39 Å². The van der Waals surface area contributed by atoms with E-state index in [1.54, 1.807) is 19.1 Å². The highest BCUT2D eigenvalue weighted by Crippen LogP contribution is 2.33.